The van der Waals surface area contributed by atoms with Crippen LogP contribution in [-0.4, -0.2) is 29.1 Å². The summed E-state index contributed by atoms with van der Waals surface area (Å²) in [6, 6.07) is 17.2. The van der Waals surface area contributed by atoms with E-state index in [9.17, 15) is 9.59 Å². The molecule has 0 bridgehead atoms. The van der Waals surface area contributed by atoms with Crippen molar-refractivity contribution in [2.75, 3.05) is 6.54 Å². The molecule has 0 aromatic heterocycles. The molecule has 3 rings (SSSR count). The van der Waals surface area contributed by atoms with Crippen molar-refractivity contribution in [3.8, 4) is 0 Å². The number of rotatable bonds is 6. The van der Waals surface area contributed by atoms with E-state index >= 15 is 0 Å². The molecule has 1 aliphatic heterocycles. The molecule has 2 amide bonds. The van der Waals surface area contributed by atoms with E-state index in [1.54, 1.807) is 0 Å². The van der Waals surface area contributed by atoms with E-state index in [2.05, 4.69) is 10.4 Å². The topological polar surface area (TPSA) is 61.8 Å². The van der Waals surface area contributed by atoms with Gasteiger partial charge in [-0.1, -0.05) is 54.1 Å². The summed E-state index contributed by atoms with van der Waals surface area (Å²) in [4.78, 5) is 24.4. The van der Waals surface area contributed by atoms with Gasteiger partial charge in [0.25, 0.3) is 5.91 Å². The average molecular weight is 370 g/mol. The highest BCUT2D eigenvalue weighted by molar-refractivity contribution is 6.39. The fourth-order valence-electron chi connectivity index (χ4n) is 2.72. The zero-order valence-corrected chi connectivity index (χ0v) is 15.1. The first kappa shape index (κ1) is 18.1. The lowest BCUT2D eigenvalue weighted by Crippen LogP contribution is -2.39. The molecule has 0 spiro atoms. The molecule has 1 N–H and O–H groups in total. The summed E-state index contributed by atoms with van der Waals surface area (Å²) in [6.45, 7) is 0.882. The van der Waals surface area contributed by atoms with Gasteiger partial charge in [-0.2, -0.15) is 5.10 Å². The Kier molecular flexibility index (Phi) is 6.02. The minimum atomic E-state index is -0.218. The van der Waals surface area contributed by atoms with E-state index in [4.69, 9.17) is 11.6 Å². The van der Waals surface area contributed by atoms with Crippen LogP contribution in [0.15, 0.2) is 59.7 Å². The van der Waals surface area contributed by atoms with Crippen molar-refractivity contribution in [2.24, 2.45) is 5.10 Å². The van der Waals surface area contributed by atoms with Crippen molar-refractivity contribution in [1.82, 2.24) is 10.3 Å². The molecule has 0 aliphatic carbocycles. The third-order valence-electron chi connectivity index (χ3n) is 4.15. The van der Waals surface area contributed by atoms with Gasteiger partial charge in [0.05, 0.1) is 6.54 Å². The summed E-state index contributed by atoms with van der Waals surface area (Å²) >= 11 is 5.86. The smallest absolute Gasteiger partial charge is 0.267 e. The van der Waals surface area contributed by atoms with Gasteiger partial charge >= 0.3 is 0 Å². The molecule has 0 radical (unpaired) electrons. The number of amides is 2. The number of nitrogens with zero attached hydrogens (tertiary/aromatic N) is 2. The molecular weight excluding hydrogens is 350 g/mol. The van der Waals surface area contributed by atoms with E-state index in [-0.39, 0.29) is 11.8 Å². The largest absolute Gasteiger partial charge is 0.351 e. The van der Waals surface area contributed by atoms with Crippen LogP contribution < -0.4 is 5.32 Å². The molecule has 2 aromatic carbocycles. The van der Waals surface area contributed by atoms with E-state index in [1.807, 2.05) is 54.6 Å². The maximum Gasteiger partial charge on any atom is 0.267 e. The molecule has 0 fully saturated rings. The first-order valence-electron chi connectivity index (χ1n) is 8.56. The predicted molar refractivity (Wildman–Crippen MR) is 102 cm³/mol. The minimum Gasteiger partial charge on any atom is -0.351 e. The molecule has 5 nitrogen and oxygen atoms in total. The second-order valence-corrected chi connectivity index (χ2v) is 6.55. The van der Waals surface area contributed by atoms with Crippen molar-refractivity contribution >= 4 is 29.1 Å². The van der Waals surface area contributed by atoms with Crippen LogP contribution in [0.2, 0.25) is 5.02 Å². The Morgan fingerprint density at radius 3 is 2.50 bits per heavy atom. The summed E-state index contributed by atoms with van der Waals surface area (Å²) in [5.41, 5.74) is 2.48. The van der Waals surface area contributed by atoms with Crippen LogP contribution in [0.4, 0.5) is 0 Å². The molecular formula is C20H20ClN3O2. The number of benzene rings is 2. The summed E-state index contributed by atoms with van der Waals surface area (Å²) in [5, 5.41) is 9.21. The number of carbonyl (C=O) groups excluding carboxylic acids is 2. The quantitative estimate of drug-likeness (QED) is 0.850. The monoisotopic (exact) mass is 369 g/mol. The van der Waals surface area contributed by atoms with E-state index in [0.717, 1.165) is 11.1 Å². The zero-order valence-electron chi connectivity index (χ0n) is 14.3. The fraction of sp³-hybridized carbons (Fsp3) is 0.250. The fourth-order valence-corrected chi connectivity index (χ4v) is 2.84. The highest BCUT2D eigenvalue weighted by atomic mass is 35.5. The van der Waals surface area contributed by atoms with Gasteiger partial charge in [-0.15, -0.1) is 0 Å². The Balaban J connectivity index is 1.56. The molecule has 134 valence electrons. The van der Waals surface area contributed by atoms with Gasteiger partial charge in [-0.05, 0) is 29.7 Å². The first-order chi connectivity index (χ1) is 12.6. The third kappa shape index (κ3) is 4.92. The van der Waals surface area contributed by atoms with Gasteiger partial charge in [-0.3, -0.25) is 9.59 Å². The van der Waals surface area contributed by atoms with Crippen LogP contribution in [0.3, 0.4) is 0 Å². The lowest BCUT2D eigenvalue weighted by atomic mass is 10.1. The van der Waals surface area contributed by atoms with Gasteiger partial charge < -0.3 is 5.32 Å². The molecule has 6 heteroatoms. The highest BCUT2D eigenvalue weighted by Gasteiger charge is 2.24. The van der Waals surface area contributed by atoms with Crippen LogP contribution in [-0.2, 0) is 22.6 Å². The number of nitrogens with one attached hydrogen (secondary N) is 1. The van der Waals surface area contributed by atoms with Gasteiger partial charge in [0.1, 0.15) is 5.71 Å². The molecule has 2 aromatic rings. The molecule has 0 unspecified atom stereocenters. The average Bonchev–Trinajstić information content (AvgIpc) is 2.66. The van der Waals surface area contributed by atoms with Crippen molar-refractivity contribution in [1.29, 1.82) is 0 Å². The Morgan fingerprint density at radius 2 is 1.77 bits per heavy atom. The maximum absolute atomic E-state index is 12.3. The Morgan fingerprint density at radius 1 is 1.04 bits per heavy atom. The normalized spacial score (nSPS) is 14.1. The number of carbonyl (C=O) groups is 2. The Hall–Kier alpha value is -2.66. The summed E-state index contributed by atoms with van der Waals surface area (Å²) < 4.78 is 0. The zero-order chi connectivity index (χ0) is 18.4. The van der Waals surface area contributed by atoms with Crippen LogP contribution in [0, 0.1) is 0 Å². The lowest BCUT2D eigenvalue weighted by molar-refractivity contribution is -0.132. The van der Waals surface area contributed by atoms with Crippen LogP contribution in [0.1, 0.15) is 24.0 Å². The second kappa shape index (κ2) is 8.63. The van der Waals surface area contributed by atoms with Crippen molar-refractivity contribution in [3.63, 3.8) is 0 Å². The maximum atomic E-state index is 12.3. The lowest BCUT2D eigenvalue weighted by Gasteiger charge is -2.23. The number of halogens is 1. The number of hydrazone groups is 1. The van der Waals surface area contributed by atoms with Gasteiger partial charge in [0.2, 0.25) is 5.91 Å². The Bertz CT molecular complexity index is 804. The molecule has 0 atom stereocenters. The second-order valence-electron chi connectivity index (χ2n) is 6.12. The Labute approximate surface area is 157 Å². The summed E-state index contributed by atoms with van der Waals surface area (Å²) in [5.74, 6) is -0.281. The summed E-state index contributed by atoms with van der Waals surface area (Å²) in [6.07, 6.45) is 1.38. The van der Waals surface area contributed by atoms with Crippen LogP contribution in [0.5, 0.6) is 0 Å². The number of hydrogen-bond acceptors (Lipinski definition) is 3. The van der Waals surface area contributed by atoms with Crippen molar-refractivity contribution < 1.29 is 9.59 Å². The first-order valence-corrected chi connectivity index (χ1v) is 8.94. The number of hydrogen-bond donors (Lipinski definition) is 1. The summed E-state index contributed by atoms with van der Waals surface area (Å²) in [7, 11) is 0. The molecule has 1 aliphatic rings. The SMILES string of the molecule is O=C(NCCc1ccc(Cl)cc1)C1=NN(Cc2ccccc2)C(=O)CC1. The van der Waals surface area contributed by atoms with E-state index < -0.39 is 0 Å². The highest BCUT2D eigenvalue weighted by Crippen LogP contribution is 2.14. The van der Waals surface area contributed by atoms with Gasteiger partial charge in [-0.25, -0.2) is 5.01 Å². The van der Waals surface area contributed by atoms with Gasteiger partial charge in [0.15, 0.2) is 0 Å². The molecule has 0 saturated carbocycles. The predicted octanol–water partition coefficient (Wildman–Crippen LogP) is 3.18. The van der Waals surface area contributed by atoms with Crippen molar-refractivity contribution in [3.05, 3.63) is 70.7 Å². The molecule has 0 saturated heterocycles. The third-order valence-corrected chi connectivity index (χ3v) is 4.41. The van der Waals surface area contributed by atoms with E-state index in [0.29, 0.717) is 43.1 Å². The minimum absolute atomic E-state index is 0.0634. The van der Waals surface area contributed by atoms with Crippen molar-refractivity contribution in [2.45, 2.75) is 25.8 Å². The molecule has 26 heavy (non-hydrogen) atoms. The van der Waals surface area contributed by atoms with Crippen LogP contribution in [0.25, 0.3) is 0 Å². The van der Waals surface area contributed by atoms with Crippen LogP contribution >= 0.6 is 11.6 Å². The standard InChI is InChI=1S/C20H20ClN3O2/c21-17-8-6-15(7-9-17)12-13-22-20(26)18-10-11-19(25)24(23-18)14-16-4-2-1-3-5-16/h1-9H,10-14H2,(H,22,26). The molecule has 1 heterocycles. The van der Waals surface area contributed by atoms with E-state index in [1.165, 1.54) is 5.01 Å². The van der Waals surface area contributed by atoms with Gasteiger partial charge in [0, 0.05) is 24.4 Å².